The number of benzene rings is 2. The molecule has 0 spiro atoms. The van der Waals surface area contributed by atoms with E-state index in [1.54, 1.807) is 0 Å². The molecule has 1 amide bonds. The maximum absolute atomic E-state index is 14.0. The summed E-state index contributed by atoms with van der Waals surface area (Å²) < 4.78 is 0. The van der Waals surface area contributed by atoms with E-state index in [0.29, 0.717) is 12.5 Å². The first kappa shape index (κ1) is 17.5. The monoisotopic (exact) mass is 370 g/mol. The van der Waals surface area contributed by atoms with Crippen LogP contribution in [0.5, 0.6) is 0 Å². The average Bonchev–Trinajstić information content (AvgIpc) is 3.18. The van der Waals surface area contributed by atoms with Crippen LogP contribution in [-0.4, -0.2) is 22.9 Å². The van der Waals surface area contributed by atoms with Gasteiger partial charge in [0.1, 0.15) is 5.54 Å². The summed E-state index contributed by atoms with van der Waals surface area (Å²) in [6, 6.07) is 22.7. The lowest BCUT2D eigenvalue weighted by Gasteiger charge is -2.44. The zero-order chi connectivity index (χ0) is 19.6. The molecule has 5 rings (SSSR count). The molecule has 1 aliphatic heterocycles. The minimum absolute atomic E-state index is 0.0519. The molecule has 3 fully saturated rings. The Labute approximate surface area is 167 Å². The molecule has 2 saturated carbocycles. The Kier molecular flexibility index (Phi) is 3.56. The number of hydrogen-bond acceptors (Lipinski definition) is 2. The molecule has 3 aliphatic rings. The number of nitriles is 1. The molecule has 0 N–H and O–H groups in total. The number of carbonyl (C=O) groups excluding carboxylic acids is 1. The predicted molar refractivity (Wildman–Crippen MR) is 108 cm³/mol. The molecular formula is C25H26N2O. The highest BCUT2D eigenvalue weighted by Gasteiger charge is 2.79. The Morgan fingerprint density at radius 3 is 2.14 bits per heavy atom. The molecule has 1 saturated heterocycles. The molecule has 4 atom stereocenters. The first-order valence-electron chi connectivity index (χ1n) is 10.3. The van der Waals surface area contributed by atoms with Gasteiger partial charge in [0.05, 0.1) is 12.0 Å². The van der Waals surface area contributed by atoms with Gasteiger partial charge in [-0.1, -0.05) is 74.5 Å². The Hall–Kier alpha value is -2.60. The fraction of sp³-hybridized carbons (Fsp3) is 0.440. The third kappa shape index (κ3) is 1.91. The summed E-state index contributed by atoms with van der Waals surface area (Å²) in [6.07, 6.45) is 3.07. The highest BCUT2D eigenvalue weighted by molar-refractivity contribution is 5.89. The summed E-state index contributed by atoms with van der Waals surface area (Å²) in [5.41, 5.74) is 1.28. The van der Waals surface area contributed by atoms with E-state index in [2.05, 4.69) is 19.9 Å². The fourth-order valence-electron chi connectivity index (χ4n) is 6.70. The number of amides is 1. The van der Waals surface area contributed by atoms with Crippen LogP contribution in [0.15, 0.2) is 60.7 Å². The van der Waals surface area contributed by atoms with Crippen molar-refractivity contribution in [1.29, 1.82) is 5.26 Å². The van der Waals surface area contributed by atoms with Crippen molar-refractivity contribution in [3.8, 4) is 6.07 Å². The second-order valence-corrected chi connectivity index (χ2v) is 9.34. The third-order valence-corrected chi connectivity index (χ3v) is 8.52. The highest BCUT2D eigenvalue weighted by atomic mass is 16.2. The van der Waals surface area contributed by atoms with E-state index in [-0.39, 0.29) is 22.7 Å². The van der Waals surface area contributed by atoms with Crippen molar-refractivity contribution in [3.63, 3.8) is 0 Å². The lowest BCUT2D eigenvalue weighted by molar-refractivity contribution is -0.138. The number of rotatable bonds is 3. The highest BCUT2D eigenvalue weighted by Crippen LogP contribution is 2.75. The van der Waals surface area contributed by atoms with Crippen LogP contribution >= 0.6 is 0 Å². The van der Waals surface area contributed by atoms with Crippen molar-refractivity contribution >= 4 is 5.91 Å². The SMILES string of the molecule is CC12CN(C(=O)C(c3ccccc3)c3ccccc3)C3(C#N)CC1CCC23C. The third-order valence-electron chi connectivity index (χ3n) is 8.52. The molecule has 1 heterocycles. The molecule has 4 bridgehead atoms. The lowest BCUT2D eigenvalue weighted by atomic mass is 9.66. The van der Waals surface area contributed by atoms with Gasteiger partial charge in [0.25, 0.3) is 0 Å². The van der Waals surface area contributed by atoms with E-state index in [1.807, 2.05) is 65.6 Å². The topological polar surface area (TPSA) is 44.1 Å². The van der Waals surface area contributed by atoms with Crippen molar-refractivity contribution in [2.24, 2.45) is 16.7 Å². The zero-order valence-electron chi connectivity index (χ0n) is 16.6. The number of hydrogen-bond donors (Lipinski definition) is 0. The van der Waals surface area contributed by atoms with Gasteiger partial charge in [-0.05, 0) is 41.7 Å². The van der Waals surface area contributed by atoms with Gasteiger partial charge in [-0.15, -0.1) is 0 Å². The van der Waals surface area contributed by atoms with Gasteiger partial charge in [-0.2, -0.15) is 5.26 Å². The maximum Gasteiger partial charge on any atom is 0.235 e. The molecule has 3 heteroatoms. The van der Waals surface area contributed by atoms with E-state index in [9.17, 15) is 10.1 Å². The summed E-state index contributed by atoms with van der Waals surface area (Å²) in [4.78, 5) is 16.0. The van der Waals surface area contributed by atoms with Gasteiger partial charge in [0.2, 0.25) is 5.91 Å². The van der Waals surface area contributed by atoms with Crippen LogP contribution in [0, 0.1) is 28.1 Å². The number of nitrogens with zero attached hydrogens (tertiary/aromatic N) is 2. The van der Waals surface area contributed by atoms with Crippen molar-refractivity contribution in [2.75, 3.05) is 6.54 Å². The number of likely N-dealkylation sites (tertiary alicyclic amines) is 1. The first-order chi connectivity index (χ1) is 13.5. The smallest absolute Gasteiger partial charge is 0.235 e. The molecule has 142 valence electrons. The van der Waals surface area contributed by atoms with Crippen LogP contribution in [0.1, 0.15) is 50.2 Å². The molecule has 4 unspecified atom stereocenters. The maximum atomic E-state index is 14.0. The van der Waals surface area contributed by atoms with E-state index in [0.717, 1.165) is 24.0 Å². The van der Waals surface area contributed by atoms with Crippen molar-refractivity contribution in [2.45, 2.75) is 44.6 Å². The minimum Gasteiger partial charge on any atom is -0.322 e. The number of piperidine rings is 1. The van der Waals surface area contributed by atoms with Crippen LogP contribution in [0.25, 0.3) is 0 Å². The average molecular weight is 370 g/mol. The summed E-state index contributed by atoms with van der Waals surface area (Å²) in [7, 11) is 0. The molecular weight excluding hydrogens is 344 g/mol. The molecule has 28 heavy (non-hydrogen) atoms. The second-order valence-electron chi connectivity index (χ2n) is 9.34. The largest absolute Gasteiger partial charge is 0.322 e. The van der Waals surface area contributed by atoms with Crippen LogP contribution in [0.2, 0.25) is 0 Å². The summed E-state index contributed by atoms with van der Waals surface area (Å²) in [5.74, 6) is 0.278. The Morgan fingerprint density at radius 1 is 1.07 bits per heavy atom. The van der Waals surface area contributed by atoms with Crippen LogP contribution < -0.4 is 0 Å². The number of carbonyl (C=O) groups is 1. The fourth-order valence-corrected chi connectivity index (χ4v) is 6.70. The van der Waals surface area contributed by atoms with Gasteiger partial charge < -0.3 is 4.90 Å². The predicted octanol–water partition coefficient (Wildman–Crippen LogP) is 4.75. The van der Waals surface area contributed by atoms with E-state index >= 15 is 0 Å². The Morgan fingerprint density at radius 2 is 1.64 bits per heavy atom. The van der Waals surface area contributed by atoms with E-state index in [1.165, 1.54) is 6.42 Å². The summed E-state index contributed by atoms with van der Waals surface area (Å²) in [5, 5.41) is 10.3. The van der Waals surface area contributed by atoms with Gasteiger partial charge in [-0.3, -0.25) is 4.79 Å². The molecule has 0 radical (unpaired) electrons. The van der Waals surface area contributed by atoms with Crippen LogP contribution in [0.4, 0.5) is 0 Å². The van der Waals surface area contributed by atoms with Crippen LogP contribution in [0.3, 0.4) is 0 Å². The Balaban J connectivity index is 1.61. The van der Waals surface area contributed by atoms with Gasteiger partial charge in [0, 0.05) is 12.0 Å². The lowest BCUT2D eigenvalue weighted by Crippen LogP contribution is -2.55. The van der Waals surface area contributed by atoms with E-state index in [4.69, 9.17) is 0 Å². The van der Waals surface area contributed by atoms with Gasteiger partial charge in [0.15, 0.2) is 0 Å². The van der Waals surface area contributed by atoms with Gasteiger partial charge in [-0.25, -0.2) is 0 Å². The van der Waals surface area contributed by atoms with Crippen molar-refractivity contribution < 1.29 is 4.79 Å². The Bertz CT molecular complexity index is 926. The molecule has 0 aromatic heterocycles. The minimum atomic E-state index is -0.663. The van der Waals surface area contributed by atoms with E-state index < -0.39 is 5.54 Å². The quantitative estimate of drug-likeness (QED) is 0.783. The van der Waals surface area contributed by atoms with Gasteiger partial charge >= 0.3 is 0 Å². The molecule has 3 nitrogen and oxygen atoms in total. The first-order valence-corrected chi connectivity index (χ1v) is 10.3. The normalized spacial score (nSPS) is 35.4. The second kappa shape index (κ2) is 5.70. The zero-order valence-corrected chi connectivity index (χ0v) is 16.6. The molecule has 2 aromatic carbocycles. The summed E-state index contributed by atoms with van der Waals surface area (Å²) >= 11 is 0. The van der Waals surface area contributed by atoms with Crippen LogP contribution in [-0.2, 0) is 4.79 Å². The van der Waals surface area contributed by atoms with Crippen molar-refractivity contribution in [3.05, 3.63) is 71.8 Å². The molecule has 2 aliphatic carbocycles. The summed E-state index contributed by atoms with van der Waals surface area (Å²) in [6.45, 7) is 5.28. The van der Waals surface area contributed by atoms with Crippen molar-refractivity contribution in [1.82, 2.24) is 4.90 Å². The molecule has 2 aromatic rings. The standard InChI is InChI=1S/C25H26N2O/c1-23-17-27(25(16-26)15-20(23)13-14-24(23,25)2)22(28)21(18-9-5-3-6-10-18)19-11-7-4-8-12-19/h3-12,20-21H,13-15,17H2,1-2H3.